The Hall–Kier alpha value is -1.14. The van der Waals surface area contributed by atoms with E-state index in [0.717, 1.165) is 28.1 Å². The third-order valence-corrected chi connectivity index (χ3v) is 5.73. The molecule has 3 rings (SSSR count). The fourth-order valence-electron chi connectivity index (χ4n) is 2.01. The number of amides is 1. The van der Waals surface area contributed by atoms with E-state index >= 15 is 0 Å². The molecule has 1 N–H and O–H groups in total. The Morgan fingerprint density at radius 1 is 1.45 bits per heavy atom. The molecule has 6 heteroatoms. The second kappa shape index (κ2) is 5.33. The number of thiophene rings is 1. The fraction of sp³-hybridized carbons (Fsp3) is 0.500. The number of rotatable bonds is 4. The number of nitrogens with one attached hydrogen (secondary N) is 1. The number of nitrogens with zero attached hydrogens (tertiary/aromatic N) is 2. The monoisotopic (exact) mass is 307 g/mol. The minimum atomic E-state index is -0.131. The van der Waals surface area contributed by atoms with Gasteiger partial charge in [-0.25, -0.2) is 9.97 Å². The lowest BCUT2D eigenvalue weighted by Crippen LogP contribution is -2.32. The molecule has 2 aromatic rings. The summed E-state index contributed by atoms with van der Waals surface area (Å²) in [5.74, 6) is 0.105. The highest BCUT2D eigenvalue weighted by Gasteiger charge is 2.26. The molecular formula is C14H17N3OS2. The molecule has 0 aliphatic heterocycles. The number of fused-ring (bicyclic) bond motifs is 1. The van der Waals surface area contributed by atoms with Crippen LogP contribution in [-0.2, 0) is 4.79 Å². The number of hydrogen-bond acceptors (Lipinski definition) is 5. The summed E-state index contributed by atoms with van der Waals surface area (Å²) in [5, 5.41) is 4.93. The van der Waals surface area contributed by atoms with Gasteiger partial charge in [0.15, 0.2) is 0 Å². The molecule has 0 radical (unpaired) electrons. The summed E-state index contributed by atoms with van der Waals surface area (Å²) in [5.41, 5.74) is 1.22. The van der Waals surface area contributed by atoms with Gasteiger partial charge in [-0.05, 0) is 39.2 Å². The minimum absolute atomic E-state index is 0.105. The molecule has 0 saturated heterocycles. The van der Waals surface area contributed by atoms with Gasteiger partial charge in [0.2, 0.25) is 5.91 Å². The average Bonchev–Trinajstić information content (AvgIpc) is 3.17. The SMILES string of the molecule is Cc1sc2ncnc(S[C@@H](C)C(=O)NC3CC3)c2c1C. The van der Waals surface area contributed by atoms with Gasteiger partial charge >= 0.3 is 0 Å². The van der Waals surface area contributed by atoms with E-state index in [9.17, 15) is 4.79 Å². The molecule has 2 heterocycles. The zero-order valence-corrected chi connectivity index (χ0v) is 13.4. The van der Waals surface area contributed by atoms with Crippen LogP contribution in [0.2, 0.25) is 0 Å². The standard InChI is InChI=1S/C14H17N3OS2/c1-7-8(2)19-13-11(7)14(16-6-15-13)20-9(3)12(18)17-10-4-5-10/h6,9-10H,4-5H2,1-3H3,(H,17,18)/t9-/m0/s1. The van der Waals surface area contributed by atoms with E-state index in [1.54, 1.807) is 17.7 Å². The fourth-order valence-corrected chi connectivity index (χ4v) is 4.05. The first kappa shape index (κ1) is 13.8. The molecule has 0 unspecified atom stereocenters. The van der Waals surface area contributed by atoms with E-state index in [2.05, 4.69) is 29.1 Å². The third kappa shape index (κ3) is 2.67. The zero-order valence-electron chi connectivity index (χ0n) is 11.8. The van der Waals surface area contributed by atoms with Crippen LogP contribution in [0, 0.1) is 13.8 Å². The van der Waals surface area contributed by atoms with E-state index in [1.807, 2.05) is 6.92 Å². The van der Waals surface area contributed by atoms with Gasteiger partial charge in [0, 0.05) is 16.3 Å². The largest absolute Gasteiger partial charge is 0.352 e. The summed E-state index contributed by atoms with van der Waals surface area (Å²) in [4.78, 5) is 23.0. The molecule has 1 amide bonds. The normalized spacial score (nSPS) is 16.4. The molecular weight excluding hydrogens is 290 g/mol. The highest BCUT2D eigenvalue weighted by molar-refractivity contribution is 8.00. The summed E-state index contributed by atoms with van der Waals surface area (Å²) in [6, 6.07) is 0.404. The van der Waals surface area contributed by atoms with E-state index in [-0.39, 0.29) is 11.2 Å². The lowest BCUT2D eigenvalue weighted by Gasteiger charge is -2.11. The van der Waals surface area contributed by atoms with Crippen molar-refractivity contribution >= 4 is 39.2 Å². The predicted molar refractivity (Wildman–Crippen MR) is 83.4 cm³/mol. The molecule has 1 atom stereocenters. The maximum atomic E-state index is 12.1. The van der Waals surface area contributed by atoms with Gasteiger partial charge in [0.1, 0.15) is 16.2 Å². The van der Waals surface area contributed by atoms with Gasteiger partial charge in [-0.3, -0.25) is 4.79 Å². The first-order valence-electron chi connectivity index (χ1n) is 6.74. The Labute approximate surface area is 126 Å². The quantitative estimate of drug-likeness (QED) is 0.697. The Balaban J connectivity index is 1.84. The summed E-state index contributed by atoms with van der Waals surface area (Å²) in [7, 11) is 0. The number of hydrogen-bond donors (Lipinski definition) is 1. The van der Waals surface area contributed by atoms with Crippen molar-refractivity contribution in [1.82, 2.24) is 15.3 Å². The average molecular weight is 307 g/mol. The summed E-state index contributed by atoms with van der Waals surface area (Å²) >= 11 is 3.21. The van der Waals surface area contributed by atoms with E-state index in [0.29, 0.717) is 6.04 Å². The molecule has 1 saturated carbocycles. The molecule has 0 spiro atoms. The van der Waals surface area contributed by atoms with Crippen molar-refractivity contribution in [2.75, 3.05) is 0 Å². The van der Waals surface area contributed by atoms with Gasteiger partial charge in [-0.2, -0.15) is 0 Å². The van der Waals surface area contributed by atoms with E-state index in [4.69, 9.17) is 0 Å². The van der Waals surface area contributed by atoms with Crippen molar-refractivity contribution in [2.45, 2.75) is 49.9 Å². The van der Waals surface area contributed by atoms with E-state index < -0.39 is 0 Å². The van der Waals surface area contributed by atoms with Gasteiger partial charge in [0.05, 0.1) is 5.25 Å². The second-order valence-corrected chi connectivity index (χ2v) is 7.72. The van der Waals surface area contributed by atoms with Gasteiger partial charge in [-0.1, -0.05) is 11.8 Å². The summed E-state index contributed by atoms with van der Waals surface area (Å²) in [6.07, 6.45) is 3.82. The maximum absolute atomic E-state index is 12.1. The molecule has 1 aliphatic carbocycles. The van der Waals surface area contributed by atoms with Crippen LogP contribution >= 0.6 is 23.1 Å². The van der Waals surface area contributed by atoms with Crippen molar-refractivity contribution < 1.29 is 4.79 Å². The number of thioether (sulfide) groups is 1. The number of aromatic nitrogens is 2. The Bertz CT molecular complexity index is 664. The van der Waals surface area contributed by atoms with Crippen molar-refractivity contribution in [3.8, 4) is 0 Å². The van der Waals surface area contributed by atoms with Crippen LogP contribution in [0.5, 0.6) is 0 Å². The predicted octanol–water partition coefficient (Wildman–Crippen LogP) is 3.07. The number of carbonyl (C=O) groups is 1. The molecule has 106 valence electrons. The zero-order chi connectivity index (χ0) is 14.3. The highest BCUT2D eigenvalue weighted by Crippen LogP contribution is 2.36. The number of carbonyl (C=O) groups excluding carboxylic acids is 1. The molecule has 0 aromatic carbocycles. The van der Waals surface area contributed by atoms with E-state index in [1.165, 1.54) is 22.2 Å². The van der Waals surface area contributed by atoms with Crippen molar-refractivity contribution in [3.05, 3.63) is 16.8 Å². The van der Waals surface area contributed by atoms with Crippen molar-refractivity contribution in [1.29, 1.82) is 0 Å². The van der Waals surface area contributed by atoms with Crippen LogP contribution in [0.15, 0.2) is 11.4 Å². The van der Waals surface area contributed by atoms with Gasteiger partial charge in [-0.15, -0.1) is 11.3 Å². The molecule has 2 aromatic heterocycles. The van der Waals surface area contributed by atoms with Crippen LogP contribution in [0.3, 0.4) is 0 Å². The Morgan fingerprint density at radius 3 is 2.90 bits per heavy atom. The van der Waals surface area contributed by atoms with Crippen LogP contribution < -0.4 is 5.32 Å². The molecule has 20 heavy (non-hydrogen) atoms. The highest BCUT2D eigenvalue weighted by atomic mass is 32.2. The lowest BCUT2D eigenvalue weighted by molar-refractivity contribution is -0.120. The van der Waals surface area contributed by atoms with Gasteiger partial charge < -0.3 is 5.32 Å². The lowest BCUT2D eigenvalue weighted by atomic mass is 10.2. The van der Waals surface area contributed by atoms with Crippen LogP contribution in [0.25, 0.3) is 10.2 Å². The van der Waals surface area contributed by atoms with Crippen LogP contribution in [0.4, 0.5) is 0 Å². The smallest absolute Gasteiger partial charge is 0.233 e. The first-order valence-corrected chi connectivity index (χ1v) is 8.43. The van der Waals surface area contributed by atoms with Crippen LogP contribution in [-0.4, -0.2) is 27.2 Å². The maximum Gasteiger partial charge on any atom is 0.233 e. The molecule has 1 aliphatic rings. The topological polar surface area (TPSA) is 54.9 Å². The summed E-state index contributed by atoms with van der Waals surface area (Å²) < 4.78 is 0. The summed E-state index contributed by atoms with van der Waals surface area (Å²) in [6.45, 7) is 6.13. The first-order chi connectivity index (χ1) is 9.56. The third-order valence-electron chi connectivity index (χ3n) is 3.51. The Kier molecular flexibility index (Phi) is 3.69. The minimum Gasteiger partial charge on any atom is -0.352 e. The van der Waals surface area contributed by atoms with Crippen LogP contribution in [0.1, 0.15) is 30.2 Å². The van der Waals surface area contributed by atoms with Gasteiger partial charge in [0.25, 0.3) is 0 Å². The van der Waals surface area contributed by atoms with Crippen molar-refractivity contribution in [3.63, 3.8) is 0 Å². The second-order valence-electron chi connectivity index (χ2n) is 5.19. The van der Waals surface area contributed by atoms with Crippen molar-refractivity contribution in [2.24, 2.45) is 0 Å². The number of aryl methyl sites for hydroxylation is 2. The molecule has 0 bridgehead atoms. The Morgan fingerprint density at radius 2 is 2.20 bits per heavy atom. The molecule has 1 fully saturated rings. The molecule has 4 nitrogen and oxygen atoms in total.